The minimum atomic E-state index is -0.225. The molecular weight excluding hydrogens is 278 g/mol. The van der Waals surface area contributed by atoms with Crippen LogP contribution >= 0.6 is 0 Å². The van der Waals surface area contributed by atoms with Crippen LogP contribution in [0.25, 0.3) is 0 Å². The first-order valence-electron chi connectivity index (χ1n) is 9.14. The molecule has 7 atom stereocenters. The van der Waals surface area contributed by atoms with Gasteiger partial charge in [-0.2, -0.15) is 0 Å². The van der Waals surface area contributed by atoms with E-state index in [4.69, 9.17) is 4.74 Å². The molecule has 0 aromatic heterocycles. The number of hydrogen-bond donors (Lipinski definition) is 1. The lowest BCUT2D eigenvalue weighted by Crippen LogP contribution is -2.74. The highest BCUT2D eigenvalue weighted by atomic mass is 16.5. The SMILES string of the molecule is CC(=O)O[C@@H]1C[C@@H]2[C@@H](O)[C@@H](C)C[C@@]34[C@@H]1CCCN3CCC[C@@H]24. The highest BCUT2D eigenvalue weighted by Gasteiger charge is 2.65. The van der Waals surface area contributed by atoms with Crippen molar-refractivity contribution in [3.8, 4) is 0 Å². The molecule has 124 valence electrons. The number of rotatable bonds is 1. The summed E-state index contributed by atoms with van der Waals surface area (Å²) in [6.07, 6.45) is 6.65. The fraction of sp³-hybridized carbons (Fsp3) is 0.944. The molecule has 2 aliphatic carbocycles. The fourth-order valence-corrected chi connectivity index (χ4v) is 6.68. The molecular formula is C18H29NO3. The Morgan fingerprint density at radius 1 is 1.23 bits per heavy atom. The van der Waals surface area contributed by atoms with Crippen molar-refractivity contribution < 1.29 is 14.6 Å². The van der Waals surface area contributed by atoms with E-state index >= 15 is 0 Å². The van der Waals surface area contributed by atoms with Gasteiger partial charge in [-0.1, -0.05) is 6.92 Å². The summed E-state index contributed by atoms with van der Waals surface area (Å²) in [5.74, 6) is 1.59. The Morgan fingerprint density at radius 3 is 2.59 bits per heavy atom. The third kappa shape index (κ3) is 1.92. The number of esters is 1. The highest BCUT2D eigenvalue weighted by molar-refractivity contribution is 5.66. The van der Waals surface area contributed by atoms with Crippen molar-refractivity contribution in [3.63, 3.8) is 0 Å². The van der Waals surface area contributed by atoms with Gasteiger partial charge >= 0.3 is 5.97 Å². The van der Waals surface area contributed by atoms with Gasteiger partial charge < -0.3 is 9.84 Å². The standard InChI is InChI=1S/C18H29NO3/c1-11-10-18-14-5-3-7-19(18)8-4-6-15(18)16(22-12(2)20)9-13(14)17(11)21/h11,13-17,21H,3-10H2,1-2H3/t11-,13-,14-,15+,16+,17-,18+/m0/s1. The van der Waals surface area contributed by atoms with E-state index in [2.05, 4.69) is 11.8 Å². The molecule has 0 radical (unpaired) electrons. The molecule has 0 amide bonds. The van der Waals surface area contributed by atoms with Gasteiger partial charge in [-0.25, -0.2) is 0 Å². The number of ether oxygens (including phenoxy) is 1. The Hall–Kier alpha value is -0.610. The van der Waals surface area contributed by atoms with Crippen molar-refractivity contribution in [2.24, 2.45) is 23.7 Å². The van der Waals surface area contributed by atoms with E-state index in [1.165, 1.54) is 45.7 Å². The molecule has 2 bridgehead atoms. The van der Waals surface area contributed by atoms with Crippen molar-refractivity contribution in [2.45, 2.75) is 70.1 Å². The van der Waals surface area contributed by atoms with Crippen LogP contribution in [0.1, 0.15) is 52.4 Å². The Morgan fingerprint density at radius 2 is 1.91 bits per heavy atom. The molecule has 4 heteroatoms. The molecule has 2 heterocycles. The van der Waals surface area contributed by atoms with E-state index in [0.29, 0.717) is 23.7 Å². The molecule has 1 spiro atoms. The maximum absolute atomic E-state index is 11.6. The molecule has 2 saturated carbocycles. The fourth-order valence-electron chi connectivity index (χ4n) is 6.68. The lowest BCUT2D eigenvalue weighted by molar-refractivity contribution is -0.229. The van der Waals surface area contributed by atoms with Crippen molar-refractivity contribution in [1.82, 2.24) is 4.90 Å². The molecule has 1 N–H and O–H groups in total. The van der Waals surface area contributed by atoms with Gasteiger partial charge in [0.1, 0.15) is 6.10 Å². The third-order valence-corrected chi connectivity index (χ3v) is 7.22. The van der Waals surface area contributed by atoms with Crippen LogP contribution in [0.2, 0.25) is 0 Å². The summed E-state index contributed by atoms with van der Waals surface area (Å²) >= 11 is 0. The first-order chi connectivity index (χ1) is 10.5. The van der Waals surface area contributed by atoms with Gasteiger partial charge in [0.15, 0.2) is 0 Å². The quantitative estimate of drug-likeness (QED) is 0.755. The maximum atomic E-state index is 11.6. The zero-order chi connectivity index (χ0) is 15.5. The molecule has 22 heavy (non-hydrogen) atoms. The molecule has 0 aromatic rings. The topological polar surface area (TPSA) is 49.8 Å². The molecule has 0 unspecified atom stereocenters. The summed E-state index contributed by atoms with van der Waals surface area (Å²) in [5, 5.41) is 10.8. The van der Waals surface area contributed by atoms with E-state index in [1.54, 1.807) is 0 Å². The van der Waals surface area contributed by atoms with E-state index in [1.807, 2.05) is 0 Å². The van der Waals surface area contributed by atoms with Gasteiger partial charge in [0.25, 0.3) is 0 Å². The van der Waals surface area contributed by atoms with Gasteiger partial charge in [0, 0.05) is 18.4 Å². The van der Waals surface area contributed by atoms with Crippen LogP contribution in [-0.2, 0) is 9.53 Å². The Bertz CT molecular complexity index is 465. The Kier molecular flexibility index (Phi) is 3.53. The summed E-state index contributed by atoms with van der Waals surface area (Å²) in [6.45, 7) is 6.12. The molecule has 4 fully saturated rings. The number of hydrogen-bond acceptors (Lipinski definition) is 4. The third-order valence-electron chi connectivity index (χ3n) is 7.22. The van der Waals surface area contributed by atoms with Gasteiger partial charge in [0.05, 0.1) is 6.10 Å². The summed E-state index contributed by atoms with van der Waals surface area (Å²) in [5.41, 5.74) is 0.193. The number of piperidine rings is 2. The summed E-state index contributed by atoms with van der Waals surface area (Å²) in [4.78, 5) is 14.3. The first kappa shape index (κ1) is 14.9. The van der Waals surface area contributed by atoms with Crippen LogP contribution in [0.15, 0.2) is 0 Å². The van der Waals surface area contributed by atoms with Gasteiger partial charge in [-0.3, -0.25) is 9.69 Å². The normalized spacial score (nSPS) is 51.0. The predicted molar refractivity (Wildman–Crippen MR) is 83.2 cm³/mol. The van der Waals surface area contributed by atoms with Crippen molar-refractivity contribution in [2.75, 3.05) is 13.1 Å². The van der Waals surface area contributed by atoms with E-state index < -0.39 is 0 Å². The van der Waals surface area contributed by atoms with E-state index in [9.17, 15) is 9.90 Å². The monoisotopic (exact) mass is 307 g/mol. The number of aliphatic hydroxyl groups is 1. The zero-order valence-electron chi connectivity index (χ0n) is 13.8. The minimum Gasteiger partial charge on any atom is -0.462 e. The predicted octanol–water partition coefficient (Wildman–Crippen LogP) is 2.20. The van der Waals surface area contributed by atoms with Crippen LogP contribution in [0.3, 0.4) is 0 Å². The van der Waals surface area contributed by atoms with Crippen molar-refractivity contribution in [3.05, 3.63) is 0 Å². The molecule has 4 nitrogen and oxygen atoms in total. The van der Waals surface area contributed by atoms with Crippen LogP contribution in [0.4, 0.5) is 0 Å². The Balaban J connectivity index is 1.76. The molecule has 0 aromatic carbocycles. The number of carbonyl (C=O) groups is 1. The Labute approximate surface area is 133 Å². The molecule has 2 saturated heterocycles. The second-order valence-electron chi connectivity index (χ2n) is 8.20. The summed E-state index contributed by atoms with van der Waals surface area (Å²) in [6, 6.07) is 0. The maximum Gasteiger partial charge on any atom is 0.302 e. The van der Waals surface area contributed by atoms with E-state index in [0.717, 1.165) is 12.8 Å². The molecule has 4 aliphatic rings. The van der Waals surface area contributed by atoms with Gasteiger partial charge in [0.2, 0.25) is 0 Å². The lowest BCUT2D eigenvalue weighted by atomic mass is 9.47. The van der Waals surface area contributed by atoms with Gasteiger partial charge in [-0.05, 0) is 69.4 Å². The smallest absolute Gasteiger partial charge is 0.302 e. The average Bonchev–Trinajstić information content (AvgIpc) is 2.47. The second kappa shape index (κ2) is 5.20. The average molecular weight is 307 g/mol. The van der Waals surface area contributed by atoms with Crippen molar-refractivity contribution >= 4 is 5.97 Å². The van der Waals surface area contributed by atoms with Crippen LogP contribution in [-0.4, -0.2) is 46.8 Å². The van der Waals surface area contributed by atoms with Gasteiger partial charge in [-0.15, -0.1) is 0 Å². The number of nitrogens with zero attached hydrogens (tertiary/aromatic N) is 1. The molecule has 2 aliphatic heterocycles. The lowest BCUT2D eigenvalue weighted by Gasteiger charge is -2.68. The van der Waals surface area contributed by atoms with Crippen LogP contribution < -0.4 is 0 Å². The minimum absolute atomic E-state index is 0.0156. The number of aliphatic hydroxyl groups excluding tert-OH is 1. The largest absolute Gasteiger partial charge is 0.462 e. The zero-order valence-corrected chi connectivity index (χ0v) is 13.8. The summed E-state index contributed by atoms with van der Waals surface area (Å²) in [7, 11) is 0. The van der Waals surface area contributed by atoms with Crippen LogP contribution in [0.5, 0.6) is 0 Å². The van der Waals surface area contributed by atoms with Crippen LogP contribution in [0, 0.1) is 23.7 Å². The number of carbonyl (C=O) groups excluding carboxylic acids is 1. The highest BCUT2D eigenvalue weighted by Crippen LogP contribution is 2.60. The molecule has 4 rings (SSSR count). The summed E-state index contributed by atoms with van der Waals surface area (Å²) < 4.78 is 5.76. The first-order valence-corrected chi connectivity index (χ1v) is 9.14. The van der Waals surface area contributed by atoms with Crippen molar-refractivity contribution in [1.29, 1.82) is 0 Å². The second-order valence-corrected chi connectivity index (χ2v) is 8.20. The van der Waals surface area contributed by atoms with E-state index in [-0.39, 0.29) is 23.7 Å².